The first kappa shape index (κ1) is 28.0. The Hall–Kier alpha value is -2.57. The molecule has 5 rings (SSSR count). The van der Waals surface area contributed by atoms with Crippen LogP contribution in [0.5, 0.6) is 0 Å². The summed E-state index contributed by atoms with van der Waals surface area (Å²) >= 11 is 12.6. The van der Waals surface area contributed by atoms with E-state index in [-0.39, 0.29) is 18.4 Å². The zero-order valence-corrected chi connectivity index (χ0v) is 23.9. The fraction of sp³-hybridized carbons (Fsp3) is 0.462. The highest BCUT2D eigenvalue weighted by Gasteiger charge is 2.57. The summed E-state index contributed by atoms with van der Waals surface area (Å²) in [5, 5.41) is 15.2. The maximum Gasteiger partial charge on any atom is 0.253 e. The number of carbonyl (C=O) groups excluding carboxylic acids is 1. The standard InChI is InChI=1S/C26H30Cl2N6O4S/c1-3-20(15-26(11-12-26)39(36,37)29-2)34-23(16-7-9-18(27)10-8-16)24(17-5-4-6-19(28)13-17)38-21(25(34)35)14-22-30-32-33-31-22/h4-10,13,20-21,23-24,29H,3,11-12,14-15H2,1-2H3,(H,30,31,32,33)/t20-,21-,23+,24+/m0/s1. The number of amides is 1. The normalized spacial score (nSPS) is 23.5. The van der Waals surface area contributed by atoms with Gasteiger partial charge in [-0.15, -0.1) is 10.2 Å². The van der Waals surface area contributed by atoms with Gasteiger partial charge in [-0.2, -0.15) is 5.21 Å². The second-order valence-electron chi connectivity index (χ2n) is 10.0. The summed E-state index contributed by atoms with van der Waals surface area (Å²) < 4.78 is 34.1. The molecule has 1 saturated carbocycles. The Morgan fingerprint density at radius 1 is 1.15 bits per heavy atom. The summed E-state index contributed by atoms with van der Waals surface area (Å²) in [6, 6.07) is 13.7. The van der Waals surface area contributed by atoms with E-state index in [0.29, 0.717) is 41.6 Å². The number of H-pyrrole nitrogens is 1. The van der Waals surface area contributed by atoms with Crippen molar-refractivity contribution in [1.29, 1.82) is 0 Å². The van der Waals surface area contributed by atoms with Gasteiger partial charge in [0.2, 0.25) is 10.0 Å². The minimum absolute atomic E-state index is 0.104. The van der Waals surface area contributed by atoms with Crippen LogP contribution in [0.4, 0.5) is 0 Å². The van der Waals surface area contributed by atoms with Gasteiger partial charge in [0.05, 0.1) is 10.8 Å². The van der Waals surface area contributed by atoms with Crippen LogP contribution >= 0.6 is 23.2 Å². The fourth-order valence-corrected chi connectivity index (χ4v) is 7.29. The third-order valence-electron chi connectivity index (χ3n) is 7.69. The molecule has 3 aromatic rings. The lowest BCUT2D eigenvalue weighted by molar-refractivity contribution is -0.180. The molecule has 0 spiro atoms. The van der Waals surface area contributed by atoms with Crippen LogP contribution in [0.3, 0.4) is 0 Å². The van der Waals surface area contributed by atoms with E-state index in [1.54, 1.807) is 18.2 Å². The van der Waals surface area contributed by atoms with Crippen molar-refractivity contribution >= 4 is 39.1 Å². The van der Waals surface area contributed by atoms with Crippen LogP contribution < -0.4 is 4.72 Å². The van der Waals surface area contributed by atoms with Crippen molar-refractivity contribution in [2.75, 3.05) is 7.05 Å². The third-order valence-corrected chi connectivity index (χ3v) is 10.4. The Balaban J connectivity index is 1.62. The van der Waals surface area contributed by atoms with E-state index in [1.807, 2.05) is 42.2 Å². The molecule has 208 valence electrons. The molecule has 4 atom stereocenters. The van der Waals surface area contributed by atoms with Gasteiger partial charge in [0, 0.05) is 22.5 Å². The molecule has 10 nitrogen and oxygen atoms in total. The van der Waals surface area contributed by atoms with Crippen molar-refractivity contribution in [2.45, 2.75) is 68.1 Å². The van der Waals surface area contributed by atoms with Crippen LogP contribution in [0.15, 0.2) is 48.5 Å². The number of aromatic nitrogens is 4. The second-order valence-corrected chi connectivity index (χ2v) is 13.2. The maximum absolute atomic E-state index is 14.3. The minimum atomic E-state index is -3.55. The molecule has 0 radical (unpaired) electrons. The van der Waals surface area contributed by atoms with Crippen molar-refractivity contribution in [3.63, 3.8) is 0 Å². The quantitative estimate of drug-likeness (QED) is 0.363. The summed E-state index contributed by atoms with van der Waals surface area (Å²) in [5.74, 6) is 0.0788. The molecule has 13 heteroatoms. The molecule has 2 aromatic carbocycles. The van der Waals surface area contributed by atoms with E-state index in [0.717, 1.165) is 11.1 Å². The molecule has 2 fully saturated rings. The molecule has 2 aliphatic rings. The number of benzene rings is 2. The number of ether oxygens (including phenoxy) is 1. The average molecular weight is 594 g/mol. The number of halogens is 2. The van der Waals surface area contributed by atoms with Crippen molar-refractivity contribution in [3.05, 3.63) is 75.5 Å². The summed E-state index contributed by atoms with van der Waals surface area (Å²) in [7, 11) is -2.11. The highest BCUT2D eigenvalue weighted by molar-refractivity contribution is 7.91. The van der Waals surface area contributed by atoms with Gasteiger partial charge in [0.15, 0.2) is 5.82 Å². The summed E-state index contributed by atoms with van der Waals surface area (Å²) in [6.45, 7) is 1.97. The largest absolute Gasteiger partial charge is 0.357 e. The van der Waals surface area contributed by atoms with Crippen molar-refractivity contribution in [1.82, 2.24) is 30.2 Å². The highest BCUT2D eigenvalue weighted by atomic mass is 35.5. The smallest absolute Gasteiger partial charge is 0.253 e. The average Bonchev–Trinajstić information content (AvgIpc) is 3.55. The zero-order chi connectivity index (χ0) is 27.8. The number of tetrazole rings is 1. The van der Waals surface area contributed by atoms with Gasteiger partial charge in [-0.1, -0.05) is 59.6 Å². The molecule has 1 aromatic heterocycles. The van der Waals surface area contributed by atoms with Crippen LogP contribution in [0.1, 0.15) is 61.7 Å². The van der Waals surface area contributed by atoms with E-state index in [1.165, 1.54) is 7.05 Å². The molecule has 1 amide bonds. The van der Waals surface area contributed by atoms with Crippen molar-refractivity contribution < 1.29 is 17.9 Å². The molecule has 39 heavy (non-hydrogen) atoms. The van der Waals surface area contributed by atoms with Crippen LogP contribution in [0, 0.1) is 0 Å². The van der Waals surface area contributed by atoms with Gasteiger partial charge >= 0.3 is 0 Å². The van der Waals surface area contributed by atoms with Crippen LogP contribution in [-0.2, 0) is 26.0 Å². The lowest BCUT2D eigenvalue weighted by Crippen LogP contribution is -2.56. The van der Waals surface area contributed by atoms with Gasteiger partial charge in [-0.3, -0.25) is 4.79 Å². The number of rotatable bonds is 10. The minimum Gasteiger partial charge on any atom is -0.357 e. The fourth-order valence-electron chi connectivity index (χ4n) is 5.48. The monoisotopic (exact) mass is 592 g/mol. The maximum atomic E-state index is 14.3. The Morgan fingerprint density at radius 3 is 2.49 bits per heavy atom. The molecule has 1 aliphatic carbocycles. The predicted molar refractivity (Wildman–Crippen MR) is 147 cm³/mol. The molecule has 0 unspecified atom stereocenters. The SMILES string of the molecule is CC[C@@H](CC1(S(=O)(=O)NC)CC1)N1C(=O)[C@H](Cc2nn[nH]n2)O[C@H](c2cccc(Cl)c2)[C@H]1c1ccc(Cl)cc1. The summed E-state index contributed by atoms with van der Waals surface area (Å²) in [6.07, 6.45) is 0.520. The number of carbonyl (C=O) groups is 1. The predicted octanol–water partition coefficient (Wildman–Crippen LogP) is 4.01. The van der Waals surface area contributed by atoms with E-state index < -0.39 is 33.0 Å². The number of nitrogens with zero attached hydrogens (tertiary/aromatic N) is 4. The number of nitrogens with one attached hydrogen (secondary N) is 2. The number of hydrogen-bond acceptors (Lipinski definition) is 7. The number of morpholine rings is 1. The van der Waals surface area contributed by atoms with Crippen molar-refractivity contribution in [3.8, 4) is 0 Å². The van der Waals surface area contributed by atoms with Gasteiger partial charge in [-0.05, 0) is 68.1 Å². The topological polar surface area (TPSA) is 130 Å². The zero-order valence-electron chi connectivity index (χ0n) is 21.5. The van der Waals surface area contributed by atoms with Crippen LogP contribution in [-0.4, -0.2) is 63.8 Å². The van der Waals surface area contributed by atoms with E-state index in [2.05, 4.69) is 25.3 Å². The highest BCUT2D eigenvalue weighted by Crippen LogP contribution is 2.51. The molecule has 0 bridgehead atoms. The Morgan fingerprint density at radius 2 is 1.90 bits per heavy atom. The van der Waals surface area contributed by atoms with Gasteiger partial charge in [0.25, 0.3) is 5.91 Å². The van der Waals surface area contributed by atoms with Crippen LogP contribution in [0.25, 0.3) is 0 Å². The lowest BCUT2D eigenvalue weighted by Gasteiger charge is -2.48. The van der Waals surface area contributed by atoms with Gasteiger partial charge in [-0.25, -0.2) is 13.1 Å². The Bertz CT molecular complexity index is 1420. The third kappa shape index (κ3) is 5.55. The molecular formula is C26H30Cl2N6O4S. The second kappa shape index (κ2) is 11.1. The Kier molecular flexibility index (Phi) is 7.98. The number of aromatic amines is 1. The molecule has 1 aliphatic heterocycles. The molecule has 2 N–H and O–H groups in total. The first-order chi connectivity index (χ1) is 18.7. The molecular weight excluding hydrogens is 563 g/mol. The van der Waals surface area contributed by atoms with E-state index in [9.17, 15) is 13.2 Å². The van der Waals surface area contributed by atoms with Crippen molar-refractivity contribution in [2.24, 2.45) is 0 Å². The van der Waals surface area contributed by atoms with E-state index >= 15 is 0 Å². The summed E-state index contributed by atoms with van der Waals surface area (Å²) in [5.41, 5.74) is 1.60. The molecule has 2 heterocycles. The summed E-state index contributed by atoms with van der Waals surface area (Å²) in [4.78, 5) is 16.1. The molecule has 1 saturated heterocycles. The first-order valence-corrected chi connectivity index (χ1v) is 15.1. The van der Waals surface area contributed by atoms with E-state index in [4.69, 9.17) is 27.9 Å². The first-order valence-electron chi connectivity index (χ1n) is 12.8. The Labute approximate surface area is 237 Å². The number of sulfonamides is 1. The lowest BCUT2D eigenvalue weighted by atomic mass is 9.88. The van der Waals surface area contributed by atoms with Crippen LogP contribution in [0.2, 0.25) is 10.0 Å². The number of hydrogen-bond donors (Lipinski definition) is 2. The van der Waals surface area contributed by atoms with Gasteiger partial charge < -0.3 is 9.64 Å². The van der Waals surface area contributed by atoms with Gasteiger partial charge in [0.1, 0.15) is 12.2 Å².